The van der Waals surface area contributed by atoms with Gasteiger partial charge in [0.05, 0.1) is 32.4 Å². The van der Waals surface area contributed by atoms with Crippen LogP contribution in [-0.4, -0.2) is 58.0 Å². The number of para-hydroxylation sites is 1. The maximum absolute atomic E-state index is 5.56. The molecule has 1 heterocycles. The van der Waals surface area contributed by atoms with Crippen molar-refractivity contribution in [3.8, 4) is 17.2 Å². The Hall–Kier alpha value is -3.26. The third-order valence-electron chi connectivity index (χ3n) is 7.03. The first kappa shape index (κ1) is 25.8. The minimum atomic E-state index is 0.415. The van der Waals surface area contributed by atoms with E-state index in [1.807, 2.05) is 38.4 Å². The molecule has 0 saturated heterocycles. The van der Waals surface area contributed by atoms with Gasteiger partial charge in [0.2, 0.25) is 5.95 Å². The van der Waals surface area contributed by atoms with Gasteiger partial charge in [-0.1, -0.05) is 12.1 Å². The zero-order valence-corrected chi connectivity index (χ0v) is 22.1. The van der Waals surface area contributed by atoms with Crippen LogP contribution in [0.4, 0.5) is 11.8 Å². The fourth-order valence-corrected chi connectivity index (χ4v) is 5.01. The van der Waals surface area contributed by atoms with E-state index in [1.165, 1.54) is 12.8 Å². The average molecular weight is 494 g/mol. The third kappa shape index (κ3) is 6.10. The van der Waals surface area contributed by atoms with Crippen LogP contribution in [0.2, 0.25) is 0 Å². The Kier molecular flexibility index (Phi) is 8.70. The highest BCUT2D eigenvalue weighted by Crippen LogP contribution is 2.34. The molecule has 0 unspecified atom stereocenters. The van der Waals surface area contributed by atoms with Gasteiger partial charge in [0.25, 0.3) is 0 Å². The second kappa shape index (κ2) is 12.1. The van der Waals surface area contributed by atoms with Crippen molar-refractivity contribution in [2.45, 2.75) is 44.7 Å². The summed E-state index contributed by atoms with van der Waals surface area (Å²) in [5.74, 6) is 4.69. The Bertz CT molecular complexity index is 1120. The van der Waals surface area contributed by atoms with Crippen LogP contribution >= 0.6 is 0 Å². The van der Waals surface area contributed by atoms with Crippen molar-refractivity contribution >= 4 is 22.7 Å². The van der Waals surface area contributed by atoms with Crippen LogP contribution in [0, 0.1) is 5.92 Å². The Balaban J connectivity index is 1.26. The largest absolute Gasteiger partial charge is 0.496 e. The Morgan fingerprint density at radius 1 is 0.917 bits per heavy atom. The normalized spacial score (nSPS) is 17.6. The molecular formula is C28H39N5O3. The maximum atomic E-state index is 5.56. The summed E-state index contributed by atoms with van der Waals surface area (Å²) in [6, 6.07) is 12.4. The van der Waals surface area contributed by atoms with Gasteiger partial charge in [-0.05, 0) is 56.7 Å². The van der Waals surface area contributed by atoms with Gasteiger partial charge >= 0.3 is 0 Å². The van der Waals surface area contributed by atoms with Crippen molar-refractivity contribution in [3.05, 3.63) is 42.0 Å². The number of hydrogen-bond acceptors (Lipinski definition) is 8. The Morgan fingerprint density at radius 3 is 2.25 bits per heavy atom. The van der Waals surface area contributed by atoms with E-state index in [0.29, 0.717) is 12.6 Å². The molecule has 1 fully saturated rings. The van der Waals surface area contributed by atoms with E-state index in [0.717, 1.165) is 77.2 Å². The van der Waals surface area contributed by atoms with Crippen molar-refractivity contribution in [1.82, 2.24) is 15.3 Å². The summed E-state index contributed by atoms with van der Waals surface area (Å²) in [7, 11) is 9.05. The summed E-state index contributed by atoms with van der Waals surface area (Å²) < 4.78 is 16.5. The molecule has 194 valence electrons. The number of methoxy groups -OCH3 is 3. The second-order valence-corrected chi connectivity index (χ2v) is 9.62. The molecular weight excluding hydrogens is 454 g/mol. The molecule has 0 radical (unpaired) electrons. The molecule has 1 aliphatic rings. The molecule has 2 aromatic carbocycles. The number of ether oxygens (including phenoxy) is 3. The van der Waals surface area contributed by atoms with Gasteiger partial charge in [-0.3, -0.25) is 0 Å². The van der Waals surface area contributed by atoms with Gasteiger partial charge in [-0.2, -0.15) is 4.98 Å². The lowest BCUT2D eigenvalue weighted by Gasteiger charge is -2.29. The quantitative estimate of drug-likeness (QED) is 0.366. The molecule has 1 aliphatic carbocycles. The van der Waals surface area contributed by atoms with Gasteiger partial charge < -0.3 is 29.7 Å². The van der Waals surface area contributed by atoms with E-state index >= 15 is 0 Å². The monoisotopic (exact) mass is 493 g/mol. The molecule has 3 aromatic rings. The highest BCUT2D eigenvalue weighted by atomic mass is 16.5. The summed E-state index contributed by atoms with van der Waals surface area (Å²) in [4.78, 5) is 11.6. The van der Waals surface area contributed by atoms with E-state index in [9.17, 15) is 0 Å². The standard InChI is InChI=1S/C28H39N5O3/c1-33(2)27-22-8-6-7-9-24(22)31-28(32-27)30-20-12-10-19(11-13-20)14-15-29-18-23-25(35-4)16-21(34-3)17-26(23)36-5/h6-9,16-17,19-20,29H,10-15,18H2,1-5H3,(H,30,31,32). The lowest BCUT2D eigenvalue weighted by Crippen LogP contribution is -2.28. The molecule has 0 atom stereocenters. The molecule has 4 rings (SSSR count). The van der Waals surface area contributed by atoms with E-state index in [1.54, 1.807) is 21.3 Å². The molecule has 0 aliphatic heterocycles. The number of nitrogens with zero attached hydrogens (tertiary/aromatic N) is 3. The number of aromatic nitrogens is 2. The van der Waals surface area contributed by atoms with E-state index in [2.05, 4.69) is 27.7 Å². The highest BCUT2D eigenvalue weighted by Gasteiger charge is 2.22. The molecule has 1 aromatic heterocycles. The first-order chi connectivity index (χ1) is 17.5. The van der Waals surface area contributed by atoms with Crippen LogP contribution in [0.5, 0.6) is 17.2 Å². The predicted octanol–water partition coefficient (Wildman–Crippen LogP) is 4.87. The van der Waals surface area contributed by atoms with Crippen LogP contribution in [0.3, 0.4) is 0 Å². The molecule has 8 heteroatoms. The number of anilines is 2. The van der Waals surface area contributed by atoms with Crippen LogP contribution in [0.1, 0.15) is 37.7 Å². The van der Waals surface area contributed by atoms with Gasteiger partial charge in [0, 0.05) is 44.2 Å². The van der Waals surface area contributed by atoms with Crippen LogP contribution < -0.4 is 29.7 Å². The number of fused-ring (bicyclic) bond motifs is 1. The van der Waals surface area contributed by atoms with Gasteiger partial charge in [0.15, 0.2) is 0 Å². The summed E-state index contributed by atoms with van der Waals surface area (Å²) in [5, 5.41) is 8.27. The number of rotatable bonds is 11. The van der Waals surface area contributed by atoms with Crippen LogP contribution in [0.15, 0.2) is 36.4 Å². The smallest absolute Gasteiger partial charge is 0.225 e. The molecule has 0 amide bonds. The summed E-state index contributed by atoms with van der Waals surface area (Å²) in [5.41, 5.74) is 1.99. The summed E-state index contributed by atoms with van der Waals surface area (Å²) >= 11 is 0. The van der Waals surface area contributed by atoms with Crippen molar-refractivity contribution in [3.63, 3.8) is 0 Å². The highest BCUT2D eigenvalue weighted by molar-refractivity contribution is 5.90. The zero-order chi connectivity index (χ0) is 25.5. The summed E-state index contributed by atoms with van der Waals surface area (Å²) in [6.45, 7) is 1.65. The Labute approximate surface area is 214 Å². The molecule has 0 spiro atoms. The number of nitrogens with one attached hydrogen (secondary N) is 2. The second-order valence-electron chi connectivity index (χ2n) is 9.62. The lowest BCUT2D eigenvalue weighted by atomic mass is 9.84. The zero-order valence-electron chi connectivity index (χ0n) is 22.1. The van der Waals surface area contributed by atoms with E-state index < -0.39 is 0 Å². The van der Waals surface area contributed by atoms with Crippen molar-refractivity contribution in [2.24, 2.45) is 5.92 Å². The third-order valence-corrected chi connectivity index (χ3v) is 7.03. The predicted molar refractivity (Wildman–Crippen MR) is 146 cm³/mol. The lowest BCUT2D eigenvalue weighted by molar-refractivity contribution is 0.315. The molecule has 36 heavy (non-hydrogen) atoms. The van der Waals surface area contributed by atoms with Crippen LogP contribution in [0.25, 0.3) is 10.9 Å². The fraction of sp³-hybridized carbons (Fsp3) is 0.500. The van der Waals surface area contributed by atoms with Crippen molar-refractivity contribution < 1.29 is 14.2 Å². The minimum Gasteiger partial charge on any atom is -0.496 e. The van der Waals surface area contributed by atoms with E-state index in [4.69, 9.17) is 24.2 Å². The topological polar surface area (TPSA) is 80.8 Å². The van der Waals surface area contributed by atoms with Gasteiger partial charge in [-0.15, -0.1) is 0 Å². The molecule has 2 N–H and O–H groups in total. The molecule has 8 nitrogen and oxygen atoms in total. The SMILES string of the molecule is COc1cc(OC)c(CNCCC2CCC(Nc3nc(N(C)C)c4ccccc4n3)CC2)c(OC)c1. The Morgan fingerprint density at radius 2 is 1.61 bits per heavy atom. The van der Waals surface area contributed by atoms with Crippen molar-refractivity contribution in [1.29, 1.82) is 0 Å². The van der Waals surface area contributed by atoms with E-state index in [-0.39, 0.29) is 0 Å². The maximum Gasteiger partial charge on any atom is 0.225 e. The van der Waals surface area contributed by atoms with Crippen LogP contribution in [-0.2, 0) is 6.54 Å². The van der Waals surface area contributed by atoms with Crippen molar-refractivity contribution in [2.75, 3.05) is 52.2 Å². The van der Waals surface area contributed by atoms with Gasteiger partial charge in [-0.25, -0.2) is 4.98 Å². The first-order valence-electron chi connectivity index (χ1n) is 12.7. The minimum absolute atomic E-state index is 0.415. The number of benzene rings is 2. The first-order valence-corrected chi connectivity index (χ1v) is 12.7. The fourth-order valence-electron chi connectivity index (χ4n) is 5.01. The average Bonchev–Trinajstić information content (AvgIpc) is 2.91. The molecule has 1 saturated carbocycles. The van der Waals surface area contributed by atoms with Gasteiger partial charge in [0.1, 0.15) is 23.1 Å². The summed E-state index contributed by atoms with van der Waals surface area (Å²) in [6.07, 6.45) is 5.85. The number of hydrogen-bond donors (Lipinski definition) is 2. The molecule has 0 bridgehead atoms.